The lowest BCUT2D eigenvalue weighted by Gasteiger charge is -2.37. The van der Waals surface area contributed by atoms with Crippen molar-refractivity contribution in [3.05, 3.63) is 59.2 Å². The Hall–Kier alpha value is -3.35. The van der Waals surface area contributed by atoms with Gasteiger partial charge in [-0.2, -0.15) is 0 Å². The minimum absolute atomic E-state index is 0.233. The summed E-state index contributed by atoms with van der Waals surface area (Å²) in [5, 5.41) is 0. The number of hydrogen-bond donors (Lipinski definition) is 0. The molecule has 0 radical (unpaired) electrons. The fourth-order valence-electron chi connectivity index (χ4n) is 3.78. The van der Waals surface area contributed by atoms with E-state index in [1.54, 1.807) is 19.1 Å². The van der Waals surface area contributed by atoms with Gasteiger partial charge in [-0.25, -0.2) is 4.79 Å². The summed E-state index contributed by atoms with van der Waals surface area (Å²) in [7, 11) is 2.66. The zero-order valence-corrected chi connectivity index (χ0v) is 17.4. The molecule has 0 fully saturated rings. The van der Waals surface area contributed by atoms with Crippen LogP contribution >= 0.6 is 0 Å². The Labute approximate surface area is 174 Å². The van der Waals surface area contributed by atoms with Crippen LogP contribution in [-0.4, -0.2) is 31.9 Å². The summed E-state index contributed by atoms with van der Waals surface area (Å²) in [5.74, 6) is -2.00. The lowest BCUT2D eigenvalue weighted by Crippen LogP contribution is -2.53. The van der Waals surface area contributed by atoms with Crippen molar-refractivity contribution < 1.29 is 33.3 Å². The van der Waals surface area contributed by atoms with E-state index in [1.165, 1.54) is 7.11 Å². The largest absolute Gasteiger partial charge is 0.493 e. The van der Waals surface area contributed by atoms with E-state index < -0.39 is 29.2 Å². The Morgan fingerprint density at radius 3 is 2.40 bits per heavy atom. The predicted octanol–water partition coefficient (Wildman–Crippen LogP) is 2.97. The summed E-state index contributed by atoms with van der Waals surface area (Å²) in [5.41, 5.74) is -0.429. The lowest BCUT2D eigenvalue weighted by atomic mass is 9.72. The summed E-state index contributed by atoms with van der Waals surface area (Å²) >= 11 is 0. The highest BCUT2D eigenvalue weighted by atomic mass is 16.6. The topological polar surface area (TPSA) is 88.1 Å². The van der Waals surface area contributed by atoms with Crippen molar-refractivity contribution in [2.24, 2.45) is 5.92 Å². The van der Waals surface area contributed by atoms with Crippen molar-refractivity contribution in [1.29, 1.82) is 0 Å². The minimum atomic E-state index is -2.18. The van der Waals surface area contributed by atoms with Crippen LogP contribution in [0.4, 0.5) is 0 Å². The molecule has 2 aromatic rings. The van der Waals surface area contributed by atoms with Crippen LogP contribution in [0.5, 0.6) is 11.5 Å². The molecule has 0 saturated heterocycles. The molecule has 2 unspecified atom stereocenters. The molecule has 1 aliphatic carbocycles. The number of carbonyl (C=O) groups is 3. The van der Waals surface area contributed by atoms with Crippen molar-refractivity contribution in [3.63, 3.8) is 0 Å². The Kier molecular flexibility index (Phi) is 6.10. The zero-order valence-electron chi connectivity index (χ0n) is 17.4. The van der Waals surface area contributed by atoms with Crippen molar-refractivity contribution in [1.82, 2.24) is 0 Å². The van der Waals surface area contributed by atoms with Gasteiger partial charge in [0.05, 0.1) is 14.2 Å². The van der Waals surface area contributed by atoms with Gasteiger partial charge in [-0.1, -0.05) is 37.3 Å². The number of benzene rings is 2. The SMILES string of the molecule is COC(=O)C1(OC(C)=O)C(=O)C(C)Cc2c1ccc(OC)c2OCc1ccccc1. The number of fused-ring (bicyclic) bond motifs is 1. The standard InChI is InChI=1S/C23H24O7/c1-14-12-17-18(23(21(14)25,22(26)28-4)30-15(2)24)10-11-19(27-3)20(17)29-13-16-8-6-5-7-9-16/h5-11,14H,12-13H2,1-4H3. The van der Waals surface area contributed by atoms with Crippen molar-refractivity contribution in [2.75, 3.05) is 14.2 Å². The minimum Gasteiger partial charge on any atom is -0.493 e. The van der Waals surface area contributed by atoms with E-state index in [9.17, 15) is 14.4 Å². The van der Waals surface area contributed by atoms with Gasteiger partial charge in [0.25, 0.3) is 5.60 Å². The van der Waals surface area contributed by atoms with E-state index in [2.05, 4.69) is 0 Å². The average molecular weight is 412 g/mol. The fraction of sp³-hybridized carbons (Fsp3) is 0.348. The van der Waals surface area contributed by atoms with Crippen LogP contribution in [0, 0.1) is 5.92 Å². The number of esters is 2. The van der Waals surface area contributed by atoms with Crippen molar-refractivity contribution in [2.45, 2.75) is 32.5 Å². The van der Waals surface area contributed by atoms with Crippen LogP contribution in [0.1, 0.15) is 30.5 Å². The number of hydrogen-bond acceptors (Lipinski definition) is 7. The summed E-state index contributed by atoms with van der Waals surface area (Å²) in [4.78, 5) is 37.8. The van der Waals surface area contributed by atoms with Gasteiger partial charge in [-0.05, 0) is 24.1 Å². The third-order valence-electron chi connectivity index (χ3n) is 5.12. The van der Waals surface area contributed by atoms with Gasteiger partial charge < -0.3 is 18.9 Å². The van der Waals surface area contributed by atoms with E-state index in [0.717, 1.165) is 19.6 Å². The molecule has 0 N–H and O–H groups in total. The first-order valence-corrected chi connectivity index (χ1v) is 9.54. The molecule has 0 spiro atoms. The molecule has 2 atom stereocenters. The van der Waals surface area contributed by atoms with Gasteiger partial charge in [0.15, 0.2) is 17.3 Å². The molecule has 2 aromatic carbocycles. The molecular weight excluding hydrogens is 388 g/mol. The first kappa shape index (κ1) is 21.4. The first-order chi connectivity index (χ1) is 14.3. The Bertz CT molecular complexity index is 967. The maximum Gasteiger partial charge on any atom is 0.363 e. The lowest BCUT2D eigenvalue weighted by molar-refractivity contribution is -0.187. The molecule has 0 aromatic heterocycles. The second-order valence-electron chi connectivity index (χ2n) is 7.13. The van der Waals surface area contributed by atoms with Gasteiger partial charge in [-0.15, -0.1) is 0 Å². The van der Waals surface area contributed by atoms with Crippen LogP contribution in [-0.2, 0) is 42.5 Å². The number of ether oxygens (including phenoxy) is 4. The fourth-order valence-corrected chi connectivity index (χ4v) is 3.78. The quantitative estimate of drug-likeness (QED) is 0.532. The molecule has 3 rings (SSSR count). The molecule has 7 heteroatoms. The molecule has 158 valence electrons. The maximum absolute atomic E-state index is 13.1. The smallest absolute Gasteiger partial charge is 0.363 e. The predicted molar refractivity (Wildman–Crippen MR) is 107 cm³/mol. The van der Waals surface area contributed by atoms with Gasteiger partial charge in [0.2, 0.25) is 0 Å². The number of carbonyl (C=O) groups excluding carboxylic acids is 3. The molecule has 30 heavy (non-hydrogen) atoms. The summed E-state index contributed by atoms with van der Waals surface area (Å²) < 4.78 is 21.8. The Balaban J connectivity index is 2.18. The van der Waals surface area contributed by atoms with Crippen LogP contribution in [0.2, 0.25) is 0 Å². The number of Topliss-reactive ketones (excluding diaryl/α,β-unsaturated/α-hetero) is 1. The maximum atomic E-state index is 13.1. The number of rotatable bonds is 6. The van der Waals surface area contributed by atoms with E-state index >= 15 is 0 Å². The highest BCUT2D eigenvalue weighted by Gasteiger charge is 2.57. The second kappa shape index (κ2) is 8.57. The van der Waals surface area contributed by atoms with Crippen LogP contribution in [0.3, 0.4) is 0 Å². The van der Waals surface area contributed by atoms with Crippen LogP contribution in [0.25, 0.3) is 0 Å². The zero-order chi connectivity index (χ0) is 21.9. The van der Waals surface area contributed by atoms with E-state index in [4.69, 9.17) is 18.9 Å². The summed E-state index contributed by atoms with van der Waals surface area (Å²) in [6.45, 7) is 3.08. The third kappa shape index (κ3) is 3.63. The normalized spacial score (nSPS) is 20.1. The molecule has 7 nitrogen and oxygen atoms in total. The first-order valence-electron chi connectivity index (χ1n) is 9.54. The van der Waals surface area contributed by atoms with Gasteiger partial charge in [0, 0.05) is 24.0 Å². The number of methoxy groups -OCH3 is 2. The van der Waals surface area contributed by atoms with Crippen LogP contribution in [0.15, 0.2) is 42.5 Å². The summed E-state index contributed by atoms with van der Waals surface area (Å²) in [6, 6.07) is 12.7. The van der Waals surface area contributed by atoms with Crippen molar-refractivity contribution >= 4 is 17.7 Å². The van der Waals surface area contributed by atoms with Gasteiger partial charge in [0.1, 0.15) is 6.61 Å². The molecule has 0 bridgehead atoms. The van der Waals surface area contributed by atoms with Gasteiger partial charge in [-0.3, -0.25) is 9.59 Å². The third-order valence-corrected chi connectivity index (χ3v) is 5.12. The molecule has 0 saturated carbocycles. The molecule has 0 aliphatic heterocycles. The van der Waals surface area contributed by atoms with E-state index in [-0.39, 0.29) is 12.2 Å². The highest BCUT2D eigenvalue weighted by molar-refractivity contribution is 6.11. The molecule has 1 aliphatic rings. The number of ketones is 1. The molecule has 0 amide bonds. The average Bonchev–Trinajstić information content (AvgIpc) is 2.75. The Morgan fingerprint density at radius 1 is 1.10 bits per heavy atom. The van der Waals surface area contributed by atoms with Gasteiger partial charge >= 0.3 is 11.9 Å². The monoisotopic (exact) mass is 412 g/mol. The highest BCUT2D eigenvalue weighted by Crippen LogP contribution is 2.46. The van der Waals surface area contributed by atoms with E-state index in [1.807, 2.05) is 30.3 Å². The Morgan fingerprint density at radius 2 is 1.80 bits per heavy atom. The summed E-state index contributed by atoms with van der Waals surface area (Å²) in [6.07, 6.45) is 0.301. The van der Waals surface area contributed by atoms with Crippen LogP contribution < -0.4 is 9.47 Å². The second-order valence-corrected chi connectivity index (χ2v) is 7.13. The van der Waals surface area contributed by atoms with Crippen molar-refractivity contribution in [3.8, 4) is 11.5 Å². The van der Waals surface area contributed by atoms with E-state index in [0.29, 0.717) is 23.5 Å². The molecule has 0 heterocycles. The molecular formula is C23H24O7.